The summed E-state index contributed by atoms with van der Waals surface area (Å²) in [4.78, 5) is 0. The number of rotatable bonds is 4. The van der Waals surface area contributed by atoms with Crippen LogP contribution in [-0.4, -0.2) is 49.8 Å². The Morgan fingerprint density at radius 3 is 2.42 bits per heavy atom. The molecule has 1 heterocycles. The second kappa shape index (κ2) is 6.08. The minimum atomic E-state index is -2.87. The standard InChI is InChI=1S/C13H26N2O3S/c14-10-13(5-7-19(17,18)8-6-13)15-12-4-2-1-3-11(12)9-16/h11-12,15-16H,1-10,14H2. The van der Waals surface area contributed by atoms with E-state index < -0.39 is 9.84 Å². The summed E-state index contributed by atoms with van der Waals surface area (Å²) in [6.45, 7) is 0.674. The summed E-state index contributed by atoms with van der Waals surface area (Å²) >= 11 is 0. The Balaban J connectivity index is 2.02. The lowest BCUT2D eigenvalue weighted by Gasteiger charge is -2.43. The van der Waals surface area contributed by atoms with Gasteiger partial charge in [0.15, 0.2) is 0 Å². The van der Waals surface area contributed by atoms with Gasteiger partial charge >= 0.3 is 0 Å². The summed E-state index contributed by atoms with van der Waals surface area (Å²) in [5.74, 6) is 0.747. The van der Waals surface area contributed by atoms with Gasteiger partial charge in [0, 0.05) is 24.7 Å². The molecule has 0 amide bonds. The smallest absolute Gasteiger partial charge is 0.150 e. The number of aliphatic hydroxyl groups excluding tert-OH is 1. The van der Waals surface area contributed by atoms with Gasteiger partial charge in [0.2, 0.25) is 0 Å². The summed E-state index contributed by atoms with van der Waals surface area (Å²) in [7, 11) is -2.87. The Morgan fingerprint density at radius 2 is 1.84 bits per heavy atom. The first kappa shape index (κ1) is 15.2. The highest BCUT2D eigenvalue weighted by Crippen LogP contribution is 2.29. The molecular weight excluding hydrogens is 264 g/mol. The SMILES string of the molecule is NCC1(NC2CCCCC2CO)CCS(=O)(=O)CC1. The highest BCUT2D eigenvalue weighted by Gasteiger charge is 2.39. The molecule has 0 aromatic carbocycles. The molecule has 0 aromatic rings. The van der Waals surface area contributed by atoms with Crippen LogP contribution in [-0.2, 0) is 9.84 Å². The van der Waals surface area contributed by atoms with Crippen molar-refractivity contribution in [1.29, 1.82) is 0 Å². The zero-order valence-corrected chi connectivity index (χ0v) is 12.3. The van der Waals surface area contributed by atoms with Crippen LogP contribution in [0.4, 0.5) is 0 Å². The number of sulfone groups is 1. The lowest BCUT2D eigenvalue weighted by atomic mass is 9.81. The highest BCUT2D eigenvalue weighted by atomic mass is 32.2. The van der Waals surface area contributed by atoms with Crippen molar-refractivity contribution >= 4 is 9.84 Å². The van der Waals surface area contributed by atoms with Crippen molar-refractivity contribution in [2.45, 2.75) is 50.1 Å². The van der Waals surface area contributed by atoms with Gasteiger partial charge in [-0.1, -0.05) is 12.8 Å². The van der Waals surface area contributed by atoms with Gasteiger partial charge in [0.05, 0.1) is 11.5 Å². The van der Waals surface area contributed by atoms with Gasteiger partial charge in [-0.05, 0) is 31.6 Å². The van der Waals surface area contributed by atoms with Crippen molar-refractivity contribution in [3.63, 3.8) is 0 Å². The van der Waals surface area contributed by atoms with E-state index in [-0.39, 0.29) is 35.6 Å². The first-order valence-corrected chi connectivity index (χ1v) is 9.11. The number of nitrogens with two attached hydrogens (primary N) is 1. The summed E-state index contributed by atoms with van der Waals surface area (Å²) < 4.78 is 23.1. The maximum absolute atomic E-state index is 11.6. The fraction of sp³-hybridized carbons (Fsp3) is 1.00. The summed E-state index contributed by atoms with van der Waals surface area (Å²) in [5.41, 5.74) is 5.66. The first-order valence-electron chi connectivity index (χ1n) is 7.29. The summed E-state index contributed by atoms with van der Waals surface area (Å²) in [6.07, 6.45) is 5.65. The Bertz CT molecular complexity index is 383. The van der Waals surface area contributed by atoms with Crippen LogP contribution in [0.2, 0.25) is 0 Å². The summed E-state index contributed by atoms with van der Waals surface area (Å²) in [5, 5.41) is 13.1. The van der Waals surface area contributed by atoms with E-state index in [1.807, 2.05) is 0 Å². The van der Waals surface area contributed by atoms with Gasteiger partial charge in [-0.3, -0.25) is 0 Å². The lowest BCUT2D eigenvalue weighted by molar-refractivity contribution is 0.124. The Labute approximate surface area is 115 Å². The molecule has 4 N–H and O–H groups in total. The Morgan fingerprint density at radius 1 is 1.21 bits per heavy atom. The Hall–Kier alpha value is -0.170. The fourth-order valence-corrected chi connectivity index (χ4v) is 4.95. The molecule has 1 aliphatic carbocycles. The van der Waals surface area contributed by atoms with Gasteiger partial charge in [-0.25, -0.2) is 8.42 Å². The number of hydrogen-bond donors (Lipinski definition) is 3. The molecule has 2 rings (SSSR count). The van der Waals surface area contributed by atoms with E-state index in [9.17, 15) is 13.5 Å². The molecule has 2 aliphatic rings. The van der Waals surface area contributed by atoms with Gasteiger partial charge in [0.25, 0.3) is 0 Å². The molecule has 1 saturated carbocycles. The van der Waals surface area contributed by atoms with Crippen molar-refractivity contribution in [3.05, 3.63) is 0 Å². The second-order valence-corrected chi connectivity index (χ2v) is 8.42. The third kappa shape index (κ3) is 3.68. The first-order chi connectivity index (χ1) is 9.00. The van der Waals surface area contributed by atoms with Crippen LogP contribution < -0.4 is 11.1 Å². The maximum atomic E-state index is 11.6. The second-order valence-electron chi connectivity index (χ2n) is 6.11. The molecule has 2 unspecified atom stereocenters. The number of hydrogen-bond acceptors (Lipinski definition) is 5. The van der Waals surface area contributed by atoms with Crippen LogP contribution >= 0.6 is 0 Å². The van der Waals surface area contributed by atoms with Crippen LogP contribution in [0.25, 0.3) is 0 Å². The largest absolute Gasteiger partial charge is 0.396 e. The zero-order chi connectivity index (χ0) is 13.9. The van der Waals surface area contributed by atoms with E-state index in [0.717, 1.165) is 12.8 Å². The van der Waals surface area contributed by atoms with Crippen LogP contribution in [0.3, 0.4) is 0 Å². The molecule has 6 heteroatoms. The predicted molar refractivity (Wildman–Crippen MR) is 75.6 cm³/mol. The van der Waals surface area contributed by atoms with Gasteiger partial charge in [0.1, 0.15) is 9.84 Å². The average molecular weight is 290 g/mol. The monoisotopic (exact) mass is 290 g/mol. The quantitative estimate of drug-likeness (QED) is 0.679. The highest BCUT2D eigenvalue weighted by molar-refractivity contribution is 7.91. The molecule has 0 radical (unpaired) electrons. The zero-order valence-electron chi connectivity index (χ0n) is 11.5. The van der Waals surface area contributed by atoms with Crippen LogP contribution in [0.15, 0.2) is 0 Å². The van der Waals surface area contributed by atoms with E-state index in [0.29, 0.717) is 19.4 Å². The van der Waals surface area contributed by atoms with Crippen LogP contribution in [0.5, 0.6) is 0 Å². The third-order valence-electron chi connectivity index (χ3n) is 4.81. The molecule has 5 nitrogen and oxygen atoms in total. The van der Waals surface area contributed by atoms with E-state index in [1.54, 1.807) is 0 Å². The Kier molecular flexibility index (Phi) is 4.87. The van der Waals surface area contributed by atoms with E-state index in [1.165, 1.54) is 12.8 Å². The number of nitrogens with one attached hydrogen (secondary N) is 1. The minimum Gasteiger partial charge on any atom is -0.396 e. The molecular formula is C13H26N2O3S. The predicted octanol–water partition coefficient (Wildman–Crippen LogP) is 0.0332. The van der Waals surface area contributed by atoms with Gasteiger partial charge in [-0.2, -0.15) is 0 Å². The molecule has 2 atom stereocenters. The molecule has 19 heavy (non-hydrogen) atoms. The van der Waals surface area contributed by atoms with Crippen molar-refractivity contribution in [2.24, 2.45) is 11.7 Å². The normalized spacial score (nSPS) is 34.0. The number of aliphatic hydroxyl groups is 1. The van der Waals surface area contributed by atoms with Crippen LogP contribution in [0, 0.1) is 5.92 Å². The maximum Gasteiger partial charge on any atom is 0.150 e. The van der Waals surface area contributed by atoms with E-state index >= 15 is 0 Å². The molecule has 1 saturated heterocycles. The van der Waals surface area contributed by atoms with Crippen molar-refractivity contribution in [2.75, 3.05) is 24.7 Å². The third-order valence-corrected chi connectivity index (χ3v) is 6.46. The minimum absolute atomic E-state index is 0.205. The molecule has 2 fully saturated rings. The van der Waals surface area contributed by atoms with E-state index in [2.05, 4.69) is 5.32 Å². The van der Waals surface area contributed by atoms with Gasteiger partial charge in [-0.15, -0.1) is 0 Å². The van der Waals surface area contributed by atoms with E-state index in [4.69, 9.17) is 5.73 Å². The topological polar surface area (TPSA) is 92.4 Å². The molecule has 0 spiro atoms. The van der Waals surface area contributed by atoms with Crippen LogP contribution in [0.1, 0.15) is 38.5 Å². The molecule has 0 aromatic heterocycles. The molecule has 1 aliphatic heterocycles. The molecule has 0 bridgehead atoms. The molecule has 112 valence electrons. The van der Waals surface area contributed by atoms with Gasteiger partial charge < -0.3 is 16.2 Å². The van der Waals surface area contributed by atoms with Crippen molar-refractivity contribution in [3.8, 4) is 0 Å². The summed E-state index contributed by atoms with van der Waals surface area (Å²) in [6, 6.07) is 0.281. The lowest BCUT2D eigenvalue weighted by Crippen LogP contribution is -2.60. The van der Waals surface area contributed by atoms with Crippen molar-refractivity contribution in [1.82, 2.24) is 5.32 Å². The fourth-order valence-electron chi connectivity index (χ4n) is 3.35. The average Bonchev–Trinajstić information content (AvgIpc) is 2.42. The van der Waals surface area contributed by atoms with Crippen molar-refractivity contribution < 1.29 is 13.5 Å².